The molecule has 0 bridgehead atoms. The summed E-state index contributed by atoms with van der Waals surface area (Å²) in [5.74, 6) is -0.584. The minimum atomic E-state index is -0.584. The van der Waals surface area contributed by atoms with Crippen molar-refractivity contribution >= 4 is 11.7 Å². The molecule has 1 atom stereocenters. The number of aliphatic hydroxyl groups is 1. The second-order valence-corrected chi connectivity index (χ2v) is 4.33. The van der Waals surface area contributed by atoms with Crippen LogP contribution in [0, 0.1) is 5.95 Å². The van der Waals surface area contributed by atoms with Gasteiger partial charge in [-0.2, -0.15) is 4.39 Å². The molecule has 0 spiro atoms. The number of piperidine rings is 1. The van der Waals surface area contributed by atoms with Crippen LogP contribution in [0.25, 0.3) is 0 Å². The smallest absolute Gasteiger partial charge is 0.322 e. The summed E-state index contributed by atoms with van der Waals surface area (Å²) in [5, 5.41) is 11.9. The summed E-state index contributed by atoms with van der Waals surface area (Å²) in [6.07, 6.45) is 4.04. The topological polar surface area (TPSA) is 65.5 Å². The number of amides is 2. The maximum Gasteiger partial charge on any atom is 0.322 e. The molecular weight excluding hydrogens is 237 g/mol. The van der Waals surface area contributed by atoms with Crippen molar-refractivity contribution < 1.29 is 14.3 Å². The molecule has 0 aromatic carbocycles. The molecule has 0 aliphatic carbocycles. The highest BCUT2D eigenvalue weighted by atomic mass is 19.1. The lowest BCUT2D eigenvalue weighted by Gasteiger charge is -2.34. The third-order valence-electron chi connectivity index (χ3n) is 3.08. The van der Waals surface area contributed by atoms with Crippen LogP contribution >= 0.6 is 0 Å². The van der Waals surface area contributed by atoms with Crippen LogP contribution in [0.4, 0.5) is 14.9 Å². The van der Waals surface area contributed by atoms with Gasteiger partial charge in [0.1, 0.15) is 0 Å². The van der Waals surface area contributed by atoms with Gasteiger partial charge in [0, 0.05) is 6.54 Å². The molecule has 0 radical (unpaired) electrons. The first kappa shape index (κ1) is 12.8. The average Bonchev–Trinajstić information content (AvgIpc) is 2.41. The van der Waals surface area contributed by atoms with Crippen molar-refractivity contribution in [3.05, 3.63) is 24.3 Å². The van der Waals surface area contributed by atoms with Crippen LogP contribution in [-0.4, -0.2) is 40.2 Å². The molecule has 0 saturated carbocycles. The molecule has 2 amide bonds. The quantitative estimate of drug-likeness (QED) is 0.787. The third kappa shape index (κ3) is 2.95. The molecule has 5 nitrogen and oxygen atoms in total. The number of aromatic nitrogens is 1. The normalized spacial score (nSPS) is 19.7. The zero-order valence-corrected chi connectivity index (χ0v) is 9.97. The fourth-order valence-electron chi connectivity index (χ4n) is 2.10. The van der Waals surface area contributed by atoms with E-state index in [1.807, 2.05) is 0 Å². The lowest BCUT2D eigenvalue weighted by Crippen LogP contribution is -2.47. The average molecular weight is 253 g/mol. The molecule has 2 heterocycles. The van der Waals surface area contributed by atoms with Crippen molar-refractivity contribution in [2.75, 3.05) is 18.5 Å². The zero-order chi connectivity index (χ0) is 13.0. The predicted molar refractivity (Wildman–Crippen MR) is 64.6 cm³/mol. The Labute approximate surface area is 105 Å². The minimum Gasteiger partial charge on any atom is -0.394 e. The molecule has 2 rings (SSSR count). The van der Waals surface area contributed by atoms with Gasteiger partial charge in [0.2, 0.25) is 5.95 Å². The van der Waals surface area contributed by atoms with E-state index in [0.29, 0.717) is 12.2 Å². The molecule has 1 aliphatic rings. The molecule has 2 N–H and O–H groups in total. The predicted octanol–water partition coefficient (Wildman–Crippen LogP) is 1.60. The van der Waals surface area contributed by atoms with Crippen LogP contribution in [-0.2, 0) is 0 Å². The Balaban J connectivity index is 2.00. The van der Waals surface area contributed by atoms with E-state index in [4.69, 9.17) is 0 Å². The minimum absolute atomic E-state index is 0.0327. The van der Waals surface area contributed by atoms with E-state index in [0.717, 1.165) is 19.3 Å². The van der Waals surface area contributed by atoms with E-state index in [2.05, 4.69) is 10.3 Å². The second-order valence-electron chi connectivity index (χ2n) is 4.33. The van der Waals surface area contributed by atoms with Gasteiger partial charge in [-0.3, -0.25) is 0 Å². The zero-order valence-electron chi connectivity index (χ0n) is 9.97. The largest absolute Gasteiger partial charge is 0.394 e. The number of anilines is 1. The number of halogens is 1. The Bertz CT molecular complexity index is 410. The number of hydrogen-bond donors (Lipinski definition) is 2. The molecule has 6 heteroatoms. The molecule has 18 heavy (non-hydrogen) atoms. The summed E-state index contributed by atoms with van der Waals surface area (Å²) >= 11 is 0. The number of rotatable bonds is 2. The highest BCUT2D eigenvalue weighted by molar-refractivity contribution is 5.89. The summed E-state index contributed by atoms with van der Waals surface area (Å²) in [5.41, 5.74) is 0.448. The Hall–Kier alpha value is -1.69. The van der Waals surface area contributed by atoms with Crippen LogP contribution in [0.15, 0.2) is 18.3 Å². The van der Waals surface area contributed by atoms with E-state index in [9.17, 15) is 14.3 Å². The molecule has 1 saturated heterocycles. The molecule has 1 aromatic heterocycles. The van der Waals surface area contributed by atoms with Crippen LogP contribution in [0.3, 0.4) is 0 Å². The number of pyridine rings is 1. The van der Waals surface area contributed by atoms with Crippen molar-refractivity contribution in [1.82, 2.24) is 9.88 Å². The summed E-state index contributed by atoms with van der Waals surface area (Å²) in [6.45, 7) is 0.598. The number of nitrogens with one attached hydrogen (secondary N) is 1. The summed E-state index contributed by atoms with van der Waals surface area (Å²) < 4.78 is 12.6. The Morgan fingerprint density at radius 2 is 2.39 bits per heavy atom. The number of likely N-dealkylation sites (tertiary alicyclic amines) is 1. The summed E-state index contributed by atoms with van der Waals surface area (Å²) in [7, 11) is 0. The first-order valence-corrected chi connectivity index (χ1v) is 6.01. The Morgan fingerprint density at radius 3 is 3.06 bits per heavy atom. The number of carbonyl (C=O) groups is 1. The van der Waals surface area contributed by atoms with E-state index in [1.54, 1.807) is 4.90 Å². The second kappa shape index (κ2) is 5.77. The van der Waals surface area contributed by atoms with Gasteiger partial charge >= 0.3 is 6.03 Å². The number of aliphatic hydroxyl groups excluding tert-OH is 1. The van der Waals surface area contributed by atoms with Gasteiger partial charge in [0.25, 0.3) is 0 Å². The van der Waals surface area contributed by atoms with E-state index >= 15 is 0 Å². The Morgan fingerprint density at radius 1 is 1.56 bits per heavy atom. The molecule has 1 fully saturated rings. The van der Waals surface area contributed by atoms with Crippen LogP contribution in [0.5, 0.6) is 0 Å². The van der Waals surface area contributed by atoms with Gasteiger partial charge < -0.3 is 15.3 Å². The number of urea groups is 1. The van der Waals surface area contributed by atoms with E-state index in [1.165, 1.54) is 18.3 Å². The summed E-state index contributed by atoms with van der Waals surface area (Å²) in [6, 6.07) is 2.24. The van der Waals surface area contributed by atoms with Gasteiger partial charge in [0.15, 0.2) is 0 Å². The first-order chi connectivity index (χ1) is 8.70. The highest BCUT2D eigenvalue weighted by Crippen LogP contribution is 2.18. The number of carbonyl (C=O) groups excluding carboxylic acids is 1. The molecule has 98 valence electrons. The SMILES string of the molecule is O=C(Nc1ccc(F)nc1)N1CCCC[C@H]1CO. The Kier molecular flexibility index (Phi) is 4.09. The van der Waals surface area contributed by atoms with Crippen molar-refractivity contribution in [2.45, 2.75) is 25.3 Å². The van der Waals surface area contributed by atoms with Gasteiger partial charge in [-0.1, -0.05) is 0 Å². The molecule has 1 aliphatic heterocycles. The van der Waals surface area contributed by atoms with Crippen molar-refractivity contribution in [3.8, 4) is 0 Å². The summed E-state index contributed by atoms with van der Waals surface area (Å²) in [4.78, 5) is 17.1. The number of hydrogen-bond acceptors (Lipinski definition) is 3. The van der Waals surface area contributed by atoms with Crippen LogP contribution in [0.1, 0.15) is 19.3 Å². The maximum absolute atomic E-state index is 12.6. The van der Waals surface area contributed by atoms with Crippen LogP contribution < -0.4 is 5.32 Å². The standard InChI is InChI=1S/C12H16FN3O2/c13-11-5-4-9(7-14-11)15-12(18)16-6-2-1-3-10(16)8-17/h4-5,7,10,17H,1-3,6,8H2,(H,15,18)/t10-/m0/s1. The van der Waals surface area contributed by atoms with Gasteiger partial charge in [-0.15, -0.1) is 0 Å². The fourth-order valence-corrected chi connectivity index (χ4v) is 2.10. The lowest BCUT2D eigenvalue weighted by atomic mass is 10.0. The first-order valence-electron chi connectivity index (χ1n) is 6.01. The monoisotopic (exact) mass is 253 g/mol. The van der Waals surface area contributed by atoms with Crippen molar-refractivity contribution in [2.24, 2.45) is 0 Å². The van der Waals surface area contributed by atoms with E-state index < -0.39 is 5.95 Å². The van der Waals surface area contributed by atoms with Crippen LogP contribution in [0.2, 0.25) is 0 Å². The van der Waals surface area contributed by atoms with Gasteiger partial charge in [0.05, 0.1) is 24.5 Å². The number of nitrogens with zero attached hydrogens (tertiary/aromatic N) is 2. The molecule has 0 unspecified atom stereocenters. The highest BCUT2D eigenvalue weighted by Gasteiger charge is 2.25. The van der Waals surface area contributed by atoms with E-state index in [-0.39, 0.29) is 18.7 Å². The fraction of sp³-hybridized carbons (Fsp3) is 0.500. The van der Waals surface area contributed by atoms with Crippen molar-refractivity contribution in [1.29, 1.82) is 0 Å². The lowest BCUT2D eigenvalue weighted by molar-refractivity contribution is 0.115. The van der Waals surface area contributed by atoms with Gasteiger partial charge in [-0.05, 0) is 31.4 Å². The van der Waals surface area contributed by atoms with Gasteiger partial charge in [-0.25, -0.2) is 9.78 Å². The molecular formula is C12H16FN3O2. The third-order valence-corrected chi connectivity index (χ3v) is 3.08. The molecule has 1 aromatic rings. The van der Waals surface area contributed by atoms with Crippen molar-refractivity contribution in [3.63, 3.8) is 0 Å². The maximum atomic E-state index is 12.6.